The number of urea groups is 1. The van der Waals surface area contributed by atoms with E-state index in [9.17, 15) is 19.6 Å². The summed E-state index contributed by atoms with van der Waals surface area (Å²) in [4.78, 5) is 50.6. The molecule has 2 aromatic rings. The number of hydrogen-bond acceptors (Lipinski definition) is 10. The zero-order valence-electron chi connectivity index (χ0n) is 24.6. The van der Waals surface area contributed by atoms with Gasteiger partial charge in [0, 0.05) is 51.6 Å². The van der Waals surface area contributed by atoms with E-state index in [2.05, 4.69) is 31.6 Å². The first kappa shape index (κ1) is 31.0. The Balaban J connectivity index is 1.46. The van der Waals surface area contributed by atoms with Gasteiger partial charge >= 0.3 is 6.03 Å². The molecule has 2 N–H and O–H groups in total. The fourth-order valence-corrected chi connectivity index (χ4v) is 5.49. The number of nitriles is 1. The van der Waals surface area contributed by atoms with Crippen LogP contribution in [0.1, 0.15) is 59.3 Å². The summed E-state index contributed by atoms with van der Waals surface area (Å²) in [6, 6.07) is 5.65. The highest BCUT2D eigenvalue weighted by Crippen LogP contribution is 2.29. The van der Waals surface area contributed by atoms with Crippen LogP contribution in [0.3, 0.4) is 0 Å². The first-order chi connectivity index (χ1) is 20.3. The van der Waals surface area contributed by atoms with E-state index in [0.29, 0.717) is 54.8 Å². The minimum atomic E-state index is -0.396. The number of carbonyl (C=O) groups is 3. The van der Waals surface area contributed by atoms with Crippen LogP contribution in [-0.4, -0.2) is 97.9 Å². The molecule has 2 aliphatic rings. The van der Waals surface area contributed by atoms with Crippen LogP contribution in [0, 0.1) is 11.3 Å². The molecular weight excluding hydrogens is 536 g/mol. The highest BCUT2D eigenvalue weighted by molar-refractivity contribution is 6.01. The molecule has 1 fully saturated rings. The summed E-state index contributed by atoms with van der Waals surface area (Å²) >= 11 is 0. The Morgan fingerprint density at radius 2 is 1.95 bits per heavy atom. The maximum atomic E-state index is 13.4. The number of aldehydes is 2. The van der Waals surface area contributed by atoms with Gasteiger partial charge in [0.1, 0.15) is 29.7 Å². The molecule has 0 saturated heterocycles. The summed E-state index contributed by atoms with van der Waals surface area (Å²) in [5, 5.41) is 15.9. The predicted octanol–water partition coefficient (Wildman–Crippen LogP) is 3.08. The second-order valence-corrected chi connectivity index (χ2v) is 11.1. The van der Waals surface area contributed by atoms with Crippen LogP contribution in [0.2, 0.25) is 0 Å². The molecule has 0 spiro atoms. The smallest absolute Gasteiger partial charge is 0.328 e. The molecule has 0 radical (unpaired) electrons. The van der Waals surface area contributed by atoms with Crippen LogP contribution in [-0.2, 0) is 22.5 Å². The Kier molecular flexibility index (Phi) is 10.9. The summed E-state index contributed by atoms with van der Waals surface area (Å²) in [5.41, 5.74) is 3.05. The molecule has 1 aliphatic heterocycles. The summed E-state index contributed by atoms with van der Waals surface area (Å²) in [7, 11) is 5.58. The summed E-state index contributed by atoms with van der Waals surface area (Å²) < 4.78 is 5.46. The number of rotatable bonds is 12. The molecule has 2 amide bonds. The maximum Gasteiger partial charge on any atom is 0.328 e. The lowest BCUT2D eigenvalue weighted by atomic mass is 9.92. The maximum absolute atomic E-state index is 13.4. The Morgan fingerprint density at radius 3 is 2.64 bits per heavy atom. The molecule has 3 heterocycles. The van der Waals surface area contributed by atoms with Gasteiger partial charge in [-0.15, -0.1) is 0 Å². The minimum absolute atomic E-state index is 0.208. The van der Waals surface area contributed by atoms with Crippen LogP contribution in [0.15, 0.2) is 18.3 Å². The fraction of sp³-hybridized carbons (Fsp3) is 0.533. The van der Waals surface area contributed by atoms with E-state index in [4.69, 9.17) is 4.74 Å². The second-order valence-electron chi connectivity index (χ2n) is 11.1. The Bertz CT molecular complexity index is 1300. The van der Waals surface area contributed by atoms with Crippen molar-refractivity contribution >= 4 is 35.9 Å². The van der Waals surface area contributed by atoms with E-state index in [0.717, 1.165) is 68.8 Å². The number of nitrogens with zero attached hydrogens (tertiary/aromatic N) is 6. The average Bonchev–Trinajstić information content (AvgIpc) is 3.00. The van der Waals surface area contributed by atoms with Crippen molar-refractivity contribution in [3.8, 4) is 6.07 Å². The van der Waals surface area contributed by atoms with Gasteiger partial charge in [-0.3, -0.25) is 19.9 Å². The summed E-state index contributed by atoms with van der Waals surface area (Å²) in [6.07, 6.45) is 8.60. The van der Waals surface area contributed by atoms with Crippen LogP contribution in [0.4, 0.5) is 22.1 Å². The molecule has 0 bridgehead atoms. The van der Waals surface area contributed by atoms with Crippen molar-refractivity contribution in [1.82, 2.24) is 19.8 Å². The molecule has 2 aromatic heterocycles. The molecule has 12 nitrogen and oxygen atoms in total. The van der Waals surface area contributed by atoms with Crippen LogP contribution < -0.4 is 15.5 Å². The Labute approximate surface area is 247 Å². The number of aryl methyl sites for hydroxylation is 1. The summed E-state index contributed by atoms with van der Waals surface area (Å²) in [6.45, 7) is 2.78. The zero-order chi connectivity index (χ0) is 30.1. The average molecular weight is 577 g/mol. The first-order valence-electron chi connectivity index (χ1n) is 14.4. The third-order valence-electron chi connectivity index (χ3n) is 7.95. The van der Waals surface area contributed by atoms with Gasteiger partial charge in [0.2, 0.25) is 0 Å². The molecule has 224 valence electrons. The lowest BCUT2D eigenvalue weighted by molar-refractivity contribution is -0.108. The lowest BCUT2D eigenvalue weighted by Gasteiger charge is -2.30. The van der Waals surface area contributed by atoms with Gasteiger partial charge in [0.05, 0.1) is 23.9 Å². The van der Waals surface area contributed by atoms with Crippen molar-refractivity contribution in [3.63, 3.8) is 0 Å². The number of fused-ring (bicyclic) bond motifs is 1. The predicted molar refractivity (Wildman–Crippen MR) is 160 cm³/mol. The van der Waals surface area contributed by atoms with Crippen molar-refractivity contribution in [1.29, 1.82) is 5.26 Å². The monoisotopic (exact) mass is 576 g/mol. The molecule has 0 aromatic carbocycles. The van der Waals surface area contributed by atoms with Gasteiger partial charge < -0.3 is 19.7 Å². The molecule has 1 aliphatic carbocycles. The molecule has 42 heavy (non-hydrogen) atoms. The molecular formula is C30H40N8O4. The molecule has 4 rings (SSSR count). The standard InChI is InChI=1S/C30H40N8O4/c1-36(13-14-39)11-12-37(2)19-22-15-21-5-4-10-38(29(21)34-27(22)20-40)30(41)35-28-16-26(23(17-31)18-32-28)33-24-6-8-25(42-3)9-7-24/h14-16,18,20,24-25H,4-13,19H2,1-3H3,(H2,32,33,35,41). The van der Waals surface area contributed by atoms with E-state index in [1.54, 1.807) is 18.1 Å². The minimum Gasteiger partial charge on any atom is -0.381 e. The van der Waals surface area contributed by atoms with E-state index >= 15 is 0 Å². The Hall–Kier alpha value is -3.92. The molecule has 0 unspecified atom stereocenters. The first-order valence-corrected chi connectivity index (χ1v) is 14.4. The molecule has 0 atom stereocenters. The lowest BCUT2D eigenvalue weighted by Crippen LogP contribution is -2.40. The number of hydrogen-bond donors (Lipinski definition) is 2. The van der Waals surface area contributed by atoms with E-state index in [1.807, 2.05) is 25.1 Å². The third kappa shape index (κ3) is 7.88. The highest BCUT2D eigenvalue weighted by Gasteiger charge is 2.27. The van der Waals surface area contributed by atoms with Crippen molar-refractivity contribution in [2.24, 2.45) is 0 Å². The van der Waals surface area contributed by atoms with Gasteiger partial charge in [-0.25, -0.2) is 14.8 Å². The van der Waals surface area contributed by atoms with E-state index in [1.165, 1.54) is 6.20 Å². The number of amides is 2. The van der Waals surface area contributed by atoms with Crippen LogP contribution >= 0.6 is 0 Å². The number of methoxy groups -OCH3 is 1. The number of aromatic nitrogens is 2. The largest absolute Gasteiger partial charge is 0.381 e. The number of nitrogens with one attached hydrogen (secondary N) is 2. The fourth-order valence-electron chi connectivity index (χ4n) is 5.49. The molecule has 1 saturated carbocycles. The van der Waals surface area contributed by atoms with Crippen molar-refractivity contribution in [2.75, 3.05) is 62.9 Å². The van der Waals surface area contributed by atoms with E-state index < -0.39 is 6.03 Å². The van der Waals surface area contributed by atoms with E-state index in [-0.39, 0.29) is 12.1 Å². The van der Waals surface area contributed by atoms with Gasteiger partial charge in [-0.1, -0.05) is 0 Å². The number of likely N-dealkylation sites (N-methyl/N-ethyl adjacent to an activating group) is 2. The summed E-state index contributed by atoms with van der Waals surface area (Å²) in [5.74, 6) is 0.799. The van der Waals surface area contributed by atoms with Crippen molar-refractivity contribution < 1.29 is 19.1 Å². The van der Waals surface area contributed by atoms with Crippen LogP contribution in [0.25, 0.3) is 0 Å². The third-order valence-corrected chi connectivity index (χ3v) is 7.95. The number of pyridine rings is 2. The van der Waals surface area contributed by atoms with Gasteiger partial charge in [-0.05, 0) is 69.8 Å². The number of anilines is 3. The number of carbonyl (C=O) groups excluding carboxylic acids is 3. The van der Waals surface area contributed by atoms with Crippen molar-refractivity contribution in [3.05, 3.63) is 40.7 Å². The number of ether oxygens (including phenoxy) is 1. The Morgan fingerprint density at radius 1 is 1.19 bits per heavy atom. The quantitative estimate of drug-likeness (QED) is 0.362. The SMILES string of the molecule is COC1CCC(Nc2cc(NC(=O)N3CCCc4cc(CN(C)CCN(C)CC=O)c(C=O)nc43)ncc2C#N)CC1. The van der Waals surface area contributed by atoms with Gasteiger partial charge in [0.25, 0.3) is 0 Å². The normalized spacial score (nSPS) is 18.3. The van der Waals surface area contributed by atoms with Gasteiger partial charge in [-0.2, -0.15) is 5.26 Å². The zero-order valence-corrected chi connectivity index (χ0v) is 24.6. The van der Waals surface area contributed by atoms with Gasteiger partial charge in [0.15, 0.2) is 6.29 Å². The van der Waals surface area contributed by atoms with Crippen LogP contribution in [0.5, 0.6) is 0 Å². The topological polar surface area (TPSA) is 144 Å². The second kappa shape index (κ2) is 14.8. The van der Waals surface area contributed by atoms with Crippen molar-refractivity contribution in [2.45, 2.75) is 57.2 Å². The molecule has 12 heteroatoms. The highest BCUT2D eigenvalue weighted by atomic mass is 16.5.